The van der Waals surface area contributed by atoms with Gasteiger partial charge in [-0.3, -0.25) is 14.6 Å². The molecule has 2 N–H and O–H groups in total. The molecule has 2 aromatic rings. The Hall–Kier alpha value is -3.19. The Morgan fingerprint density at radius 2 is 1.90 bits per heavy atom. The first-order valence-corrected chi connectivity index (χ1v) is 10.5. The van der Waals surface area contributed by atoms with E-state index in [1.165, 1.54) is 4.90 Å². The largest absolute Gasteiger partial charge is 0.507 e. The van der Waals surface area contributed by atoms with Crippen molar-refractivity contribution in [1.82, 2.24) is 9.88 Å². The van der Waals surface area contributed by atoms with Gasteiger partial charge in [0.25, 0.3) is 11.7 Å². The van der Waals surface area contributed by atoms with Gasteiger partial charge >= 0.3 is 0 Å². The summed E-state index contributed by atoms with van der Waals surface area (Å²) < 4.78 is 5.65. The van der Waals surface area contributed by atoms with Crippen LogP contribution >= 0.6 is 0 Å². The monoisotopic (exact) mass is 424 g/mol. The second kappa shape index (κ2) is 9.75. The number of quaternary nitrogens is 1. The predicted molar refractivity (Wildman–Crippen MR) is 118 cm³/mol. The first kappa shape index (κ1) is 22.5. The fourth-order valence-corrected chi connectivity index (χ4v) is 3.72. The zero-order valence-corrected chi connectivity index (χ0v) is 18.5. The number of ether oxygens (including phenoxy) is 1. The molecular weight excluding hydrogens is 394 g/mol. The predicted octanol–water partition coefficient (Wildman–Crippen LogP) is 1.83. The molecule has 2 heterocycles. The first-order chi connectivity index (χ1) is 14.8. The molecule has 1 aliphatic rings. The van der Waals surface area contributed by atoms with Gasteiger partial charge in [-0.05, 0) is 49.7 Å². The van der Waals surface area contributed by atoms with Crippen molar-refractivity contribution < 1.29 is 24.3 Å². The number of carbonyl (C=O) groups excluding carboxylic acids is 2. The Kier molecular flexibility index (Phi) is 7.07. The fraction of sp³-hybridized carbons (Fsp3) is 0.375. The summed E-state index contributed by atoms with van der Waals surface area (Å²) in [5.74, 6) is -0.791. The highest BCUT2D eigenvalue weighted by Gasteiger charge is 2.45. The molecule has 7 heteroatoms. The number of carbonyl (C=O) groups is 2. The number of nitrogens with one attached hydrogen (secondary N) is 1. The van der Waals surface area contributed by atoms with E-state index in [-0.39, 0.29) is 17.4 Å². The summed E-state index contributed by atoms with van der Waals surface area (Å²) >= 11 is 0. The number of pyridine rings is 1. The van der Waals surface area contributed by atoms with Crippen molar-refractivity contribution in [2.45, 2.75) is 32.4 Å². The van der Waals surface area contributed by atoms with Crippen LogP contribution < -0.4 is 9.64 Å². The van der Waals surface area contributed by atoms with Crippen LogP contribution in [0.2, 0.25) is 0 Å². The summed E-state index contributed by atoms with van der Waals surface area (Å²) in [6, 6.07) is 9.77. The van der Waals surface area contributed by atoms with E-state index >= 15 is 0 Å². The standard InChI is InChI=1S/C24H29N3O4/c1-16(2)31-19-10-8-17(9-11-19)22(28)20-21(18-7-5-12-25-15-18)27(24(30)23(20)29)14-6-13-26(3)4/h5,7-12,15-16,21,28H,6,13-14H2,1-4H3/p+1/t21-/m1/s1. The van der Waals surface area contributed by atoms with Crippen molar-refractivity contribution in [1.29, 1.82) is 0 Å². The Bertz CT molecular complexity index is 953. The van der Waals surface area contributed by atoms with Crippen LogP contribution in [0.5, 0.6) is 5.75 Å². The van der Waals surface area contributed by atoms with E-state index in [4.69, 9.17) is 4.74 Å². The van der Waals surface area contributed by atoms with Crippen LogP contribution in [0.3, 0.4) is 0 Å². The number of aliphatic hydroxyl groups is 1. The number of nitrogens with zero attached hydrogens (tertiary/aromatic N) is 2. The zero-order chi connectivity index (χ0) is 22.5. The Morgan fingerprint density at radius 3 is 2.48 bits per heavy atom. The number of likely N-dealkylation sites (tertiary alicyclic amines) is 1. The van der Waals surface area contributed by atoms with E-state index in [1.807, 2.05) is 34.0 Å². The summed E-state index contributed by atoms with van der Waals surface area (Å²) in [5.41, 5.74) is 1.24. The van der Waals surface area contributed by atoms with Crippen molar-refractivity contribution in [3.8, 4) is 5.75 Å². The molecular formula is C24H30N3O4+. The SMILES string of the molecule is CC(C)Oc1ccc(C(O)=C2C(=O)C(=O)N(CCC[NH+](C)C)[C@@H]2c2cccnc2)cc1. The smallest absolute Gasteiger partial charge is 0.295 e. The van der Waals surface area contributed by atoms with Gasteiger partial charge in [-0.15, -0.1) is 0 Å². The van der Waals surface area contributed by atoms with Crippen LogP contribution in [-0.2, 0) is 9.59 Å². The minimum absolute atomic E-state index is 0.0272. The second-order valence-corrected chi connectivity index (χ2v) is 8.28. The average Bonchev–Trinajstić information content (AvgIpc) is 2.99. The minimum atomic E-state index is -0.675. The van der Waals surface area contributed by atoms with E-state index < -0.39 is 17.7 Å². The summed E-state index contributed by atoms with van der Waals surface area (Å²) in [5, 5.41) is 11.1. The number of aliphatic hydroxyl groups excluding tert-OH is 1. The van der Waals surface area contributed by atoms with Gasteiger partial charge in [0.05, 0.1) is 38.4 Å². The molecule has 1 aromatic heterocycles. The van der Waals surface area contributed by atoms with Gasteiger partial charge in [0.1, 0.15) is 11.5 Å². The highest BCUT2D eigenvalue weighted by Crippen LogP contribution is 2.39. The summed E-state index contributed by atoms with van der Waals surface area (Å²) in [6.07, 6.45) is 4.04. The lowest BCUT2D eigenvalue weighted by Gasteiger charge is -2.25. The topological polar surface area (TPSA) is 84.2 Å². The van der Waals surface area contributed by atoms with E-state index in [0.717, 1.165) is 13.0 Å². The van der Waals surface area contributed by atoms with Crippen molar-refractivity contribution in [2.75, 3.05) is 27.2 Å². The van der Waals surface area contributed by atoms with Crippen LogP contribution in [0.25, 0.3) is 5.76 Å². The molecule has 1 atom stereocenters. The number of rotatable bonds is 8. The number of hydrogen-bond donors (Lipinski definition) is 2. The summed E-state index contributed by atoms with van der Waals surface area (Å²) in [4.78, 5) is 32.8. The molecule has 1 amide bonds. The quantitative estimate of drug-likeness (QED) is 0.384. The van der Waals surface area contributed by atoms with E-state index in [2.05, 4.69) is 4.98 Å². The van der Waals surface area contributed by atoms with Crippen molar-refractivity contribution in [3.63, 3.8) is 0 Å². The van der Waals surface area contributed by atoms with Gasteiger partial charge in [-0.25, -0.2) is 0 Å². The van der Waals surface area contributed by atoms with E-state index in [1.54, 1.807) is 47.6 Å². The molecule has 164 valence electrons. The molecule has 1 aliphatic heterocycles. The summed E-state index contributed by atoms with van der Waals surface area (Å²) in [7, 11) is 4.08. The lowest BCUT2D eigenvalue weighted by atomic mass is 9.96. The molecule has 1 aromatic carbocycles. The maximum Gasteiger partial charge on any atom is 0.295 e. The van der Waals surface area contributed by atoms with Crippen LogP contribution in [-0.4, -0.2) is 60.0 Å². The van der Waals surface area contributed by atoms with Crippen molar-refractivity contribution >= 4 is 17.4 Å². The Morgan fingerprint density at radius 1 is 1.19 bits per heavy atom. The third-order valence-electron chi connectivity index (χ3n) is 5.12. The van der Waals surface area contributed by atoms with Gasteiger partial charge in [0.15, 0.2) is 0 Å². The van der Waals surface area contributed by atoms with Crippen LogP contribution in [0.15, 0.2) is 54.4 Å². The van der Waals surface area contributed by atoms with Gasteiger partial charge in [-0.1, -0.05) is 6.07 Å². The molecule has 1 saturated heterocycles. The Labute approximate surface area is 183 Å². The van der Waals surface area contributed by atoms with E-state index in [0.29, 0.717) is 23.4 Å². The van der Waals surface area contributed by atoms with Gasteiger partial charge in [0, 0.05) is 30.9 Å². The van der Waals surface area contributed by atoms with Crippen LogP contribution in [0.4, 0.5) is 0 Å². The van der Waals surface area contributed by atoms with Gasteiger partial charge < -0.3 is 19.6 Å². The molecule has 0 spiro atoms. The molecule has 0 radical (unpaired) electrons. The second-order valence-electron chi connectivity index (χ2n) is 8.28. The van der Waals surface area contributed by atoms with E-state index in [9.17, 15) is 14.7 Å². The molecule has 0 aliphatic carbocycles. The molecule has 7 nitrogen and oxygen atoms in total. The van der Waals surface area contributed by atoms with Crippen LogP contribution in [0, 0.1) is 0 Å². The molecule has 31 heavy (non-hydrogen) atoms. The third kappa shape index (κ3) is 5.11. The van der Waals surface area contributed by atoms with Crippen molar-refractivity contribution in [3.05, 3.63) is 65.5 Å². The zero-order valence-electron chi connectivity index (χ0n) is 18.5. The molecule has 0 bridgehead atoms. The number of aromatic nitrogens is 1. The number of hydrogen-bond acceptors (Lipinski definition) is 5. The lowest BCUT2D eigenvalue weighted by Crippen LogP contribution is -3.05. The molecule has 1 fully saturated rings. The fourth-order valence-electron chi connectivity index (χ4n) is 3.72. The molecule has 3 rings (SSSR count). The highest BCUT2D eigenvalue weighted by molar-refractivity contribution is 6.46. The maximum atomic E-state index is 13.0. The number of amides is 1. The minimum Gasteiger partial charge on any atom is -0.507 e. The van der Waals surface area contributed by atoms with Gasteiger partial charge in [-0.2, -0.15) is 0 Å². The molecule has 0 saturated carbocycles. The Balaban J connectivity index is 2.01. The maximum absolute atomic E-state index is 13.0. The number of ketones is 1. The third-order valence-corrected chi connectivity index (χ3v) is 5.12. The number of benzene rings is 1. The lowest BCUT2D eigenvalue weighted by molar-refractivity contribution is -0.858. The summed E-state index contributed by atoms with van der Waals surface area (Å²) in [6.45, 7) is 5.15. The number of Topliss-reactive ketones (excluding diaryl/α,β-unsaturated/α-hetero) is 1. The average molecular weight is 425 g/mol. The normalized spacial score (nSPS) is 18.3. The van der Waals surface area contributed by atoms with Crippen LogP contribution in [0.1, 0.15) is 37.4 Å². The molecule has 0 unspecified atom stereocenters. The highest BCUT2D eigenvalue weighted by atomic mass is 16.5. The first-order valence-electron chi connectivity index (χ1n) is 10.5. The van der Waals surface area contributed by atoms with Gasteiger partial charge in [0.2, 0.25) is 0 Å². The van der Waals surface area contributed by atoms with Crippen molar-refractivity contribution in [2.24, 2.45) is 0 Å².